The van der Waals surface area contributed by atoms with Gasteiger partial charge < -0.3 is 30.1 Å². The van der Waals surface area contributed by atoms with Crippen molar-refractivity contribution in [3.05, 3.63) is 52.0 Å². The highest BCUT2D eigenvalue weighted by molar-refractivity contribution is 7.09. The fraction of sp³-hybridized carbons (Fsp3) is 0.611. The summed E-state index contributed by atoms with van der Waals surface area (Å²) in [6.45, 7) is 8.32. The van der Waals surface area contributed by atoms with Crippen LogP contribution in [0.3, 0.4) is 0 Å². The maximum atomic E-state index is 14.0. The third-order valence-corrected chi connectivity index (χ3v) is 10.4. The van der Waals surface area contributed by atoms with Crippen LogP contribution in [0.4, 0.5) is 0 Å². The maximum absolute atomic E-state index is 14.0. The molecule has 50 heavy (non-hydrogen) atoms. The van der Waals surface area contributed by atoms with Crippen LogP contribution in [-0.4, -0.2) is 108 Å². The van der Waals surface area contributed by atoms with Gasteiger partial charge in [-0.1, -0.05) is 51.1 Å². The molecule has 274 valence electrons. The number of nitrogens with zero attached hydrogens (tertiary/aromatic N) is 3. The Morgan fingerprint density at radius 3 is 2.40 bits per heavy atom. The van der Waals surface area contributed by atoms with Crippen LogP contribution in [0.5, 0.6) is 0 Å². The summed E-state index contributed by atoms with van der Waals surface area (Å²) in [5.74, 6) is -3.05. The van der Waals surface area contributed by atoms with Gasteiger partial charge in [-0.2, -0.15) is 0 Å². The average molecular weight is 714 g/mol. The lowest BCUT2D eigenvalue weighted by Crippen LogP contribution is -2.58. The Labute approximate surface area is 298 Å². The highest BCUT2D eigenvalue weighted by atomic mass is 32.1. The molecule has 2 heterocycles. The van der Waals surface area contributed by atoms with Gasteiger partial charge in [-0.3, -0.25) is 28.9 Å². The van der Waals surface area contributed by atoms with E-state index in [-0.39, 0.29) is 54.8 Å². The van der Waals surface area contributed by atoms with E-state index in [2.05, 4.69) is 15.6 Å². The first kappa shape index (κ1) is 38.9. The van der Waals surface area contributed by atoms with Gasteiger partial charge in [0.2, 0.25) is 11.8 Å². The van der Waals surface area contributed by atoms with E-state index in [1.54, 1.807) is 24.3 Å². The summed E-state index contributed by atoms with van der Waals surface area (Å²) >= 11 is 1.18. The maximum Gasteiger partial charge on any atom is 0.306 e. The Kier molecular flexibility index (Phi) is 13.9. The Balaban J connectivity index is 1.48. The molecule has 1 saturated heterocycles. The molecule has 1 aromatic heterocycles. The van der Waals surface area contributed by atoms with Gasteiger partial charge >= 0.3 is 11.9 Å². The Hall–Kier alpha value is -3.88. The lowest BCUT2D eigenvalue weighted by molar-refractivity contribution is -0.149. The molecular formula is C36H51N5O8S. The smallest absolute Gasteiger partial charge is 0.306 e. The third-order valence-electron chi connectivity index (χ3n) is 9.48. The number of carboxylic acids is 1. The topological polar surface area (TPSA) is 167 Å². The number of aliphatic carboxylic acids is 1. The summed E-state index contributed by atoms with van der Waals surface area (Å²) < 4.78 is 11.3. The third kappa shape index (κ3) is 10.8. The van der Waals surface area contributed by atoms with E-state index in [4.69, 9.17) is 9.47 Å². The lowest BCUT2D eigenvalue weighted by atomic mass is 9.95. The van der Waals surface area contributed by atoms with Crippen LogP contribution in [0.25, 0.3) is 0 Å². The Morgan fingerprint density at radius 2 is 1.80 bits per heavy atom. The summed E-state index contributed by atoms with van der Waals surface area (Å²) in [6.07, 6.45) is 1.75. The fourth-order valence-electron chi connectivity index (χ4n) is 6.32. The zero-order valence-corrected chi connectivity index (χ0v) is 30.6. The number of esters is 1. The Bertz CT molecular complexity index is 1480. The molecular weight excluding hydrogens is 662 g/mol. The number of amides is 3. The zero-order chi connectivity index (χ0) is 36.5. The van der Waals surface area contributed by atoms with E-state index < -0.39 is 48.0 Å². The largest absolute Gasteiger partial charge is 0.481 e. The molecule has 0 bridgehead atoms. The number of carbonyl (C=O) groups excluding carboxylic acids is 4. The molecule has 2 aromatic rings. The second-order valence-corrected chi connectivity index (χ2v) is 14.8. The van der Waals surface area contributed by atoms with Gasteiger partial charge in [-0.05, 0) is 50.1 Å². The number of thiazole rings is 1. The first-order valence-electron chi connectivity index (χ1n) is 17.3. The molecule has 3 amide bonds. The van der Waals surface area contributed by atoms with Crippen LogP contribution in [0.1, 0.15) is 80.5 Å². The molecule has 1 aromatic carbocycles. The molecule has 13 nitrogen and oxygen atoms in total. The number of hydrogen-bond acceptors (Lipinski definition) is 10. The fourth-order valence-corrected chi connectivity index (χ4v) is 7.16. The van der Waals surface area contributed by atoms with Crippen LogP contribution in [0.15, 0.2) is 35.7 Å². The first-order valence-corrected chi connectivity index (χ1v) is 18.2. The van der Waals surface area contributed by atoms with Gasteiger partial charge in [0, 0.05) is 44.4 Å². The van der Waals surface area contributed by atoms with Gasteiger partial charge in [0.05, 0.1) is 19.1 Å². The molecule has 2 aliphatic rings. The molecule has 0 spiro atoms. The predicted octanol–water partition coefficient (Wildman–Crippen LogP) is 3.30. The van der Waals surface area contributed by atoms with E-state index >= 15 is 0 Å². The molecule has 3 N–H and O–H groups in total. The van der Waals surface area contributed by atoms with E-state index in [0.29, 0.717) is 24.6 Å². The zero-order valence-electron chi connectivity index (χ0n) is 29.8. The summed E-state index contributed by atoms with van der Waals surface area (Å²) in [5, 5.41) is 17.5. The molecule has 1 aliphatic carbocycles. The van der Waals surface area contributed by atoms with Gasteiger partial charge in [0.15, 0.2) is 6.10 Å². The highest BCUT2D eigenvalue weighted by Gasteiger charge is 2.42. The standard InChI is InChI=1S/C36H51N5O8S/c1-21(2)28(41(6)35(45)31(25-12-13-25)39-33(44)29-19-48-15-14-40(29)5)18-30(49-23(4)42)34-38-27(20-50-34)32(43)37-26(16-22(3)36(46)47)17-24-10-8-7-9-11-24/h7-11,20-22,25-26,28-31H,12-19H2,1-6H3,(H,37,43)(H,39,44)(H,46,47)/t22-,26+,28+,29+,30+,31-/m0/s1. The molecule has 6 atom stereocenters. The number of nitrogens with one attached hydrogen (secondary N) is 2. The minimum absolute atomic E-state index is 0.0463. The number of likely N-dealkylation sites (N-methyl/N-ethyl adjacent to an activating group) is 2. The van der Waals surface area contributed by atoms with Crippen LogP contribution in [0.2, 0.25) is 0 Å². The minimum atomic E-state index is -0.946. The summed E-state index contributed by atoms with van der Waals surface area (Å²) in [4.78, 5) is 72.7. The molecule has 4 rings (SSSR count). The van der Waals surface area contributed by atoms with E-state index in [1.165, 1.54) is 18.3 Å². The number of carboxylic acid groups (broad SMARTS) is 1. The van der Waals surface area contributed by atoms with Crippen LogP contribution >= 0.6 is 11.3 Å². The Morgan fingerprint density at radius 1 is 1.10 bits per heavy atom. The van der Waals surface area contributed by atoms with Gasteiger partial charge in [0.1, 0.15) is 22.8 Å². The second-order valence-electron chi connectivity index (χ2n) is 13.9. The molecule has 14 heteroatoms. The lowest BCUT2D eigenvalue weighted by Gasteiger charge is -2.37. The normalized spacial score (nSPS) is 19.5. The van der Waals surface area contributed by atoms with Gasteiger partial charge in [-0.15, -0.1) is 11.3 Å². The van der Waals surface area contributed by atoms with Crippen molar-refractivity contribution in [2.45, 2.75) is 90.1 Å². The van der Waals surface area contributed by atoms with Crippen molar-refractivity contribution in [2.24, 2.45) is 17.8 Å². The van der Waals surface area contributed by atoms with Crippen molar-refractivity contribution in [1.82, 2.24) is 25.4 Å². The van der Waals surface area contributed by atoms with E-state index in [0.717, 1.165) is 18.4 Å². The van der Waals surface area contributed by atoms with Crippen molar-refractivity contribution in [3.63, 3.8) is 0 Å². The van der Waals surface area contributed by atoms with Crippen molar-refractivity contribution < 1.29 is 38.6 Å². The molecule has 0 radical (unpaired) electrons. The predicted molar refractivity (Wildman–Crippen MR) is 187 cm³/mol. The van der Waals surface area contributed by atoms with Gasteiger partial charge in [-0.25, -0.2) is 4.98 Å². The molecule has 1 aliphatic heterocycles. The number of ether oxygens (including phenoxy) is 2. The van der Waals surface area contributed by atoms with Crippen LogP contribution in [-0.2, 0) is 35.1 Å². The number of carbonyl (C=O) groups is 5. The molecule has 1 saturated carbocycles. The van der Waals surface area contributed by atoms with E-state index in [1.807, 2.05) is 56.1 Å². The number of benzene rings is 1. The molecule has 0 unspecified atom stereocenters. The van der Waals surface area contributed by atoms with Crippen molar-refractivity contribution >= 4 is 41.0 Å². The number of hydrogen-bond donors (Lipinski definition) is 3. The quantitative estimate of drug-likeness (QED) is 0.207. The van der Waals surface area contributed by atoms with Crippen molar-refractivity contribution in [1.29, 1.82) is 0 Å². The number of morpholine rings is 1. The van der Waals surface area contributed by atoms with Crippen LogP contribution < -0.4 is 10.6 Å². The van der Waals surface area contributed by atoms with Crippen LogP contribution in [0, 0.1) is 17.8 Å². The average Bonchev–Trinajstić information content (AvgIpc) is 3.79. The van der Waals surface area contributed by atoms with E-state index in [9.17, 15) is 29.1 Å². The van der Waals surface area contributed by atoms with Crippen molar-refractivity contribution in [3.8, 4) is 0 Å². The van der Waals surface area contributed by atoms with Crippen molar-refractivity contribution in [2.75, 3.05) is 33.9 Å². The summed E-state index contributed by atoms with van der Waals surface area (Å²) in [6, 6.07) is 7.52. The molecule has 2 fully saturated rings. The number of aromatic nitrogens is 1. The summed E-state index contributed by atoms with van der Waals surface area (Å²) in [5.41, 5.74) is 1.09. The second kappa shape index (κ2) is 17.9. The SMILES string of the molecule is CC(=O)O[C@H](C[C@H](C(C)C)N(C)C(=O)[C@@H](NC(=O)[C@H]1COCCN1C)C1CC1)c1nc(C(=O)N[C@@H](Cc2ccccc2)C[C@H](C)C(=O)O)cs1. The number of rotatable bonds is 17. The minimum Gasteiger partial charge on any atom is -0.481 e. The monoisotopic (exact) mass is 713 g/mol. The summed E-state index contributed by atoms with van der Waals surface area (Å²) in [7, 11) is 3.58. The van der Waals surface area contributed by atoms with Gasteiger partial charge in [0.25, 0.3) is 5.91 Å². The first-order chi connectivity index (χ1) is 23.7. The highest BCUT2D eigenvalue weighted by Crippen LogP contribution is 2.35.